The van der Waals surface area contributed by atoms with Crippen molar-refractivity contribution < 1.29 is 18.1 Å². The van der Waals surface area contributed by atoms with E-state index in [1.807, 2.05) is 24.3 Å². The number of hydrogen-bond acceptors (Lipinski definition) is 3. The number of ether oxygens (including phenoxy) is 1. The minimum atomic E-state index is -1.56. The molecule has 0 saturated heterocycles. The van der Waals surface area contributed by atoms with Gasteiger partial charge in [-0.3, -0.25) is 9.00 Å². The van der Waals surface area contributed by atoms with Crippen LogP contribution in [0.25, 0.3) is 0 Å². The van der Waals surface area contributed by atoms with Crippen molar-refractivity contribution in [2.24, 2.45) is 0 Å². The van der Waals surface area contributed by atoms with Gasteiger partial charge < -0.3 is 10.1 Å². The van der Waals surface area contributed by atoms with E-state index in [0.29, 0.717) is 11.4 Å². The van der Waals surface area contributed by atoms with Gasteiger partial charge in [0, 0.05) is 11.3 Å². The van der Waals surface area contributed by atoms with Crippen LogP contribution >= 0.6 is 0 Å². The molecule has 1 aliphatic rings. The lowest BCUT2D eigenvalue weighted by atomic mass is 10.1. The molecular formula is C17H16FNO3S. The summed E-state index contributed by atoms with van der Waals surface area (Å²) in [5.41, 5.74) is 1.12. The molecule has 0 unspecified atom stereocenters. The molecule has 6 heteroatoms. The third-order valence-electron chi connectivity index (χ3n) is 3.56. The molecule has 2 aromatic carbocycles. The second-order valence-electron chi connectivity index (χ2n) is 5.30. The van der Waals surface area contributed by atoms with Crippen LogP contribution in [0, 0.1) is 5.82 Å². The molecule has 1 heterocycles. The molecular weight excluding hydrogens is 317 g/mol. The van der Waals surface area contributed by atoms with E-state index in [2.05, 4.69) is 5.32 Å². The molecule has 0 bridgehead atoms. The fourth-order valence-corrected chi connectivity index (χ4v) is 3.44. The Morgan fingerprint density at radius 1 is 1.26 bits per heavy atom. The molecule has 3 rings (SSSR count). The summed E-state index contributed by atoms with van der Waals surface area (Å²) in [5, 5.41) is 2.72. The number of carbonyl (C=O) groups excluding carboxylic acids is 1. The van der Waals surface area contributed by atoms with E-state index in [1.165, 1.54) is 18.2 Å². The van der Waals surface area contributed by atoms with E-state index in [1.54, 1.807) is 6.07 Å². The van der Waals surface area contributed by atoms with Gasteiger partial charge in [-0.1, -0.05) is 24.3 Å². The minimum absolute atomic E-state index is 0.112. The van der Waals surface area contributed by atoms with Crippen LogP contribution in [0.15, 0.2) is 53.4 Å². The van der Waals surface area contributed by atoms with E-state index in [4.69, 9.17) is 4.74 Å². The van der Waals surface area contributed by atoms with Crippen LogP contribution < -0.4 is 10.1 Å². The topological polar surface area (TPSA) is 55.4 Å². The molecule has 120 valence electrons. The number of rotatable bonds is 5. The van der Waals surface area contributed by atoms with Crippen molar-refractivity contribution in [3.05, 3.63) is 59.9 Å². The number of para-hydroxylation sites is 1. The fraction of sp³-hybridized carbons (Fsp3) is 0.235. The molecule has 1 amide bonds. The maximum Gasteiger partial charge on any atom is 0.233 e. The van der Waals surface area contributed by atoms with Crippen molar-refractivity contribution in [1.29, 1.82) is 0 Å². The van der Waals surface area contributed by atoms with E-state index >= 15 is 0 Å². The van der Waals surface area contributed by atoms with Gasteiger partial charge in [0.1, 0.15) is 23.4 Å². The third kappa shape index (κ3) is 3.96. The maximum absolute atomic E-state index is 13.1. The molecule has 0 aliphatic carbocycles. The number of halogens is 1. The minimum Gasteiger partial charge on any atom is -0.488 e. The van der Waals surface area contributed by atoms with Crippen LogP contribution in [-0.4, -0.2) is 28.5 Å². The van der Waals surface area contributed by atoms with Gasteiger partial charge in [0.25, 0.3) is 0 Å². The molecule has 0 saturated carbocycles. The second-order valence-corrected chi connectivity index (χ2v) is 6.75. The average Bonchev–Trinajstić information content (AvgIpc) is 2.96. The SMILES string of the molecule is O=C(C[S@](=O)c1cccc(F)c1)NC[C@H]1Cc2ccccc2O1. The summed E-state index contributed by atoms with van der Waals surface area (Å²) >= 11 is 0. The monoisotopic (exact) mass is 333 g/mol. The summed E-state index contributed by atoms with van der Waals surface area (Å²) < 4.78 is 30.9. The average molecular weight is 333 g/mol. The lowest BCUT2D eigenvalue weighted by Crippen LogP contribution is -2.36. The van der Waals surface area contributed by atoms with Gasteiger partial charge in [0.15, 0.2) is 0 Å². The first-order valence-electron chi connectivity index (χ1n) is 7.27. The Bertz CT molecular complexity index is 725. The van der Waals surface area contributed by atoms with Crippen molar-refractivity contribution in [3.8, 4) is 5.75 Å². The molecule has 1 N–H and O–H groups in total. The quantitative estimate of drug-likeness (QED) is 0.911. The zero-order valence-electron chi connectivity index (χ0n) is 12.3. The Morgan fingerprint density at radius 2 is 2.09 bits per heavy atom. The van der Waals surface area contributed by atoms with E-state index < -0.39 is 16.6 Å². The first kappa shape index (κ1) is 15.7. The summed E-state index contributed by atoms with van der Waals surface area (Å²) in [6.45, 7) is 0.355. The first-order chi connectivity index (χ1) is 11.1. The van der Waals surface area contributed by atoms with Gasteiger partial charge in [-0.25, -0.2) is 4.39 Å². The van der Waals surface area contributed by atoms with Crippen LogP contribution in [0.1, 0.15) is 5.56 Å². The van der Waals surface area contributed by atoms with Gasteiger partial charge in [-0.15, -0.1) is 0 Å². The summed E-state index contributed by atoms with van der Waals surface area (Å²) in [6, 6.07) is 13.2. The Balaban J connectivity index is 1.48. The number of nitrogens with one attached hydrogen (secondary N) is 1. The van der Waals surface area contributed by atoms with Gasteiger partial charge in [-0.2, -0.15) is 0 Å². The maximum atomic E-state index is 13.1. The van der Waals surface area contributed by atoms with Crippen molar-refractivity contribution in [2.75, 3.05) is 12.3 Å². The molecule has 0 spiro atoms. The van der Waals surface area contributed by atoms with Crippen molar-refractivity contribution in [1.82, 2.24) is 5.32 Å². The molecule has 2 atom stereocenters. The molecule has 23 heavy (non-hydrogen) atoms. The molecule has 2 aromatic rings. The number of benzene rings is 2. The lowest BCUT2D eigenvalue weighted by Gasteiger charge is -2.12. The first-order valence-corrected chi connectivity index (χ1v) is 8.59. The van der Waals surface area contributed by atoms with Crippen molar-refractivity contribution >= 4 is 16.7 Å². The van der Waals surface area contributed by atoms with Crippen LogP contribution in [-0.2, 0) is 22.0 Å². The largest absolute Gasteiger partial charge is 0.488 e. The smallest absolute Gasteiger partial charge is 0.233 e. The van der Waals surface area contributed by atoms with Gasteiger partial charge in [0.05, 0.1) is 17.3 Å². The number of fused-ring (bicyclic) bond motifs is 1. The van der Waals surface area contributed by atoms with Crippen LogP contribution in [0.2, 0.25) is 0 Å². The fourth-order valence-electron chi connectivity index (χ4n) is 2.46. The van der Waals surface area contributed by atoms with E-state index in [-0.39, 0.29) is 17.8 Å². The highest BCUT2D eigenvalue weighted by molar-refractivity contribution is 7.85. The highest BCUT2D eigenvalue weighted by Gasteiger charge is 2.23. The number of hydrogen-bond donors (Lipinski definition) is 1. The summed E-state index contributed by atoms with van der Waals surface area (Å²) in [7, 11) is -1.56. The van der Waals surface area contributed by atoms with Crippen LogP contribution in [0.5, 0.6) is 5.75 Å². The molecule has 0 fully saturated rings. The van der Waals surface area contributed by atoms with E-state index in [0.717, 1.165) is 17.7 Å². The molecule has 0 radical (unpaired) electrons. The van der Waals surface area contributed by atoms with Gasteiger partial charge in [0.2, 0.25) is 5.91 Å². The molecule has 1 aliphatic heterocycles. The summed E-state index contributed by atoms with van der Waals surface area (Å²) in [5.74, 6) is -0.154. The third-order valence-corrected chi connectivity index (χ3v) is 4.87. The number of carbonyl (C=O) groups is 1. The Kier molecular flexibility index (Phi) is 4.71. The predicted molar refractivity (Wildman–Crippen MR) is 85.2 cm³/mol. The zero-order valence-corrected chi connectivity index (χ0v) is 13.1. The highest BCUT2D eigenvalue weighted by atomic mass is 32.2. The normalized spacial score (nSPS) is 17.2. The van der Waals surface area contributed by atoms with Gasteiger partial charge >= 0.3 is 0 Å². The Hall–Kier alpha value is -2.21. The van der Waals surface area contributed by atoms with Crippen LogP contribution in [0.3, 0.4) is 0 Å². The summed E-state index contributed by atoms with van der Waals surface area (Å²) in [6.07, 6.45) is 0.627. The van der Waals surface area contributed by atoms with Crippen molar-refractivity contribution in [3.63, 3.8) is 0 Å². The standard InChI is InChI=1S/C17H16FNO3S/c18-13-5-3-6-15(9-13)23(21)11-17(20)19-10-14-8-12-4-1-2-7-16(12)22-14/h1-7,9,14H,8,10-11H2,(H,19,20)/t14-,23+/m1/s1. The zero-order chi connectivity index (χ0) is 16.2. The number of amides is 1. The van der Waals surface area contributed by atoms with E-state index in [9.17, 15) is 13.4 Å². The molecule has 0 aromatic heterocycles. The highest BCUT2D eigenvalue weighted by Crippen LogP contribution is 2.27. The van der Waals surface area contributed by atoms with Crippen LogP contribution in [0.4, 0.5) is 4.39 Å². The van der Waals surface area contributed by atoms with Gasteiger partial charge in [-0.05, 0) is 29.8 Å². The predicted octanol–water partition coefficient (Wildman–Crippen LogP) is 2.05. The Morgan fingerprint density at radius 3 is 2.87 bits per heavy atom. The summed E-state index contributed by atoms with van der Waals surface area (Å²) in [4.78, 5) is 12.2. The lowest BCUT2D eigenvalue weighted by molar-refractivity contribution is -0.118. The van der Waals surface area contributed by atoms with Crippen molar-refractivity contribution in [2.45, 2.75) is 17.4 Å². The Labute approximate surface area is 136 Å². The molecule has 4 nitrogen and oxygen atoms in total. The second kappa shape index (κ2) is 6.91.